The Bertz CT molecular complexity index is 615. The number of rotatable bonds is 5. The van der Waals surface area contributed by atoms with E-state index in [4.69, 9.17) is 5.11 Å². The Hall–Kier alpha value is -2.25. The molecule has 1 aliphatic heterocycles. The highest BCUT2D eigenvalue weighted by atomic mass is 19.4. The van der Waals surface area contributed by atoms with Gasteiger partial charge < -0.3 is 14.7 Å². The van der Waals surface area contributed by atoms with Gasteiger partial charge in [-0.15, -0.1) is 13.2 Å². The van der Waals surface area contributed by atoms with E-state index in [1.54, 1.807) is 6.92 Å². The topological polar surface area (TPSA) is 66.8 Å². The number of alkyl halides is 3. The summed E-state index contributed by atoms with van der Waals surface area (Å²) in [6.45, 7) is 2.20. The van der Waals surface area contributed by atoms with Crippen LogP contribution >= 0.6 is 0 Å². The van der Waals surface area contributed by atoms with Crippen LogP contribution in [0.4, 0.5) is 13.2 Å². The molecule has 0 saturated carbocycles. The standard InChI is InChI=1S/C16H18F3NO4/c1-15(14(22)23)8-9-20(10-15)13(21)7-4-11-2-5-12(6-3-11)24-16(17,18)19/h2-3,5-6H,4,7-10H2,1H3,(H,22,23)/t15-/m1/s1. The van der Waals surface area contributed by atoms with Crippen LogP contribution in [0.1, 0.15) is 25.3 Å². The fraction of sp³-hybridized carbons (Fsp3) is 0.500. The Morgan fingerprint density at radius 3 is 2.42 bits per heavy atom. The second kappa shape index (κ2) is 6.70. The molecule has 132 valence electrons. The van der Waals surface area contributed by atoms with Crippen LogP contribution in [-0.4, -0.2) is 41.3 Å². The Morgan fingerprint density at radius 2 is 1.92 bits per heavy atom. The lowest BCUT2D eigenvalue weighted by Gasteiger charge is -2.20. The molecule has 1 aromatic rings. The van der Waals surface area contributed by atoms with Crippen LogP contribution in [-0.2, 0) is 16.0 Å². The van der Waals surface area contributed by atoms with Gasteiger partial charge in [0.25, 0.3) is 0 Å². The van der Waals surface area contributed by atoms with Crippen LogP contribution in [0.2, 0.25) is 0 Å². The smallest absolute Gasteiger partial charge is 0.481 e. The predicted octanol–water partition coefficient (Wildman–Crippen LogP) is 2.84. The number of amides is 1. The van der Waals surface area contributed by atoms with Crippen molar-refractivity contribution in [2.24, 2.45) is 5.41 Å². The number of likely N-dealkylation sites (tertiary alicyclic amines) is 1. The fourth-order valence-corrected chi connectivity index (χ4v) is 2.62. The number of carboxylic acid groups (broad SMARTS) is 1. The lowest BCUT2D eigenvalue weighted by molar-refractivity contribution is -0.274. The minimum Gasteiger partial charge on any atom is -0.481 e. The zero-order valence-electron chi connectivity index (χ0n) is 13.1. The average molecular weight is 345 g/mol. The molecule has 0 radical (unpaired) electrons. The summed E-state index contributed by atoms with van der Waals surface area (Å²) in [5.41, 5.74) is -0.204. The van der Waals surface area contributed by atoms with Gasteiger partial charge in [0, 0.05) is 19.5 Å². The van der Waals surface area contributed by atoms with Crippen molar-refractivity contribution in [3.05, 3.63) is 29.8 Å². The molecule has 1 atom stereocenters. The molecule has 1 saturated heterocycles. The van der Waals surface area contributed by atoms with Crippen molar-refractivity contribution >= 4 is 11.9 Å². The zero-order valence-corrected chi connectivity index (χ0v) is 13.1. The maximum atomic E-state index is 12.1. The lowest BCUT2D eigenvalue weighted by Crippen LogP contribution is -2.34. The third kappa shape index (κ3) is 4.62. The number of benzene rings is 1. The summed E-state index contributed by atoms with van der Waals surface area (Å²) in [6, 6.07) is 5.34. The van der Waals surface area contributed by atoms with Gasteiger partial charge in [0.15, 0.2) is 0 Å². The van der Waals surface area contributed by atoms with Crippen LogP contribution in [0.3, 0.4) is 0 Å². The largest absolute Gasteiger partial charge is 0.573 e. The van der Waals surface area contributed by atoms with E-state index in [0.29, 0.717) is 24.9 Å². The van der Waals surface area contributed by atoms with E-state index in [1.165, 1.54) is 29.2 Å². The molecular formula is C16H18F3NO4. The summed E-state index contributed by atoms with van der Waals surface area (Å²) in [6.07, 6.45) is -3.78. The van der Waals surface area contributed by atoms with Gasteiger partial charge in [-0.25, -0.2) is 0 Å². The van der Waals surface area contributed by atoms with Crippen molar-refractivity contribution < 1.29 is 32.6 Å². The molecule has 0 spiro atoms. The minimum absolute atomic E-state index is 0.157. The third-order valence-corrected chi connectivity index (χ3v) is 4.13. The Balaban J connectivity index is 1.85. The number of hydrogen-bond acceptors (Lipinski definition) is 3. The molecule has 1 heterocycles. The van der Waals surface area contributed by atoms with Crippen LogP contribution in [0.15, 0.2) is 24.3 Å². The molecule has 5 nitrogen and oxygen atoms in total. The van der Waals surface area contributed by atoms with Crippen molar-refractivity contribution in [2.75, 3.05) is 13.1 Å². The Labute approximate surface area is 137 Å². The number of aliphatic carboxylic acids is 1. The first-order chi connectivity index (χ1) is 11.1. The molecule has 0 aromatic heterocycles. The quantitative estimate of drug-likeness (QED) is 0.891. The molecule has 1 N–H and O–H groups in total. The van der Waals surface area contributed by atoms with Crippen molar-refractivity contribution in [2.45, 2.75) is 32.5 Å². The molecule has 1 fully saturated rings. The van der Waals surface area contributed by atoms with Gasteiger partial charge in [0.1, 0.15) is 5.75 Å². The van der Waals surface area contributed by atoms with Gasteiger partial charge in [-0.3, -0.25) is 9.59 Å². The highest BCUT2D eigenvalue weighted by molar-refractivity contribution is 5.80. The molecule has 1 aliphatic rings. The molecule has 24 heavy (non-hydrogen) atoms. The number of nitrogens with zero attached hydrogens (tertiary/aromatic N) is 1. The monoisotopic (exact) mass is 345 g/mol. The van der Waals surface area contributed by atoms with Gasteiger partial charge >= 0.3 is 12.3 Å². The van der Waals surface area contributed by atoms with E-state index in [1.807, 2.05) is 0 Å². The molecular weight excluding hydrogens is 327 g/mol. The third-order valence-electron chi connectivity index (χ3n) is 4.13. The van der Waals surface area contributed by atoms with E-state index in [9.17, 15) is 22.8 Å². The summed E-state index contributed by atoms with van der Waals surface area (Å²) < 4.78 is 40.0. The molecule has 0 aliphatic carbocycles. The van der Waals surface area contributed by atoms with Gasteiger partial charge in [0.2, 0.25) is 5.91 Å². The maximum Gasteiger partial charge on any atom is 0.573 e. The molecule has 1 amide bonds. The van der Waals surface area contributed by atoms with E-state index in [2.05, 4.69) is 4.74 Å². The Kier molecular flexibility index (Phi) is 5.05. The minimum atomic E-state index is -4.73. The number of carbonyl (C=O) groups excluding carboxylic acids is 1. The summed E-state index contributed by atoms with van der Waals surface area (Å²) in [5.74, 6) is -1.39. The summed E-state index contributed by atoms with van der Waals surface area (Å²) in [4.78, 5) is 24.8. The number of ether oxygens (including phenoxy) is 1. The van der Waals surface area contributed by atoms with Crippen molar-refractivity contribution in [1.82, 2.24) is 4.90 Å². The molecule has 2 rings (SSSR count). The number of aryl methyl sites for hydroxylation is 1. The maximum absolute atomic E-state index is 12.1. The second-order valence-corrected chi connectivity index (χ2v) is 6.12. The molecule has 8 heteroatoms. The number of hydrogen-bond donors (Lipinski definition) is 1. The second-order valence-electron chi connectivity index (χ2n) is 6.12. The first-order valence-electron chi connectivity index (χ1n) is 7.45. The van der Waals surface area contributed by atoms with Crippen LogP contribution in [0.5, 0.6) is 5.75 Å². The molecule has 0 unspecified atom stereocenters. The van der Waals surface area contributed by atoms with Gasteiger partial charge in [-0.05, 0) is 37.5 Å². The first kappa shape index (κ1) is 18.1. The van der Waals surface area contributed by atoms with Crippen molar-refractivity contribution in [3.8, 4) is 5.75 Å². The van der Waals surface area contributed by atoms with Crippen LogP contribution in [0, 0.1) is 5.41 Å². The average Bonchev–Trinajstić information content (AvgIpc) is 2.89. The zero-order chi connectivity index (χ0) is 18.0. The highest BCUT2D eigenvalue weighted by Crippen LogP contribution is 2.30. The van der Waals surface area contributed by atoms with Crippen LogP contribution in [0.25, 0.3) is 0 Å². The number of carboxylic acids is 1. The first-order valence-corrected chi connectivity index (χ1v) is 7.45. The predicted molar refractivity (Wildman–Crippen MR) is 78.4 cm³/mol. The van der Waals surface area contributed by atoms with E-state index in [-0.39, 0.29) is 24.6 Å². The summed E-state index contributed by atoms with van der Waals surface area (Å²) in [5, 5.41) is 9.16. The van der Waals surface area contributed by atoms with E-state index >= 15 is 0 Å². The van der Waals surface area contributed by atoms with Gasteiger partial charge in [-0.1, -0.05) is 12.1 Å². The SMILES string of the molecule is C[C@@]1(C(=O)O)CCN(C(=O)CCc2ccc(OC(F)(F)F)cc2)C1. The van der Waals surface area contributed by atoms with E-state index in [0.717, 1.165) is 0 Å². The van der Waals surface area contributed by atoms with Crippen molar-refractivity contribution in [1.29, 1.82) is 0 Å². The summed E-state index contributed by atoms with van der Waals surface area (Å²) in [7, 11) is 0. The normalized spacial score (nSPS) is 20.9. The van der Waals surface area contributed by atoms with Crippen molar-refractivity contribution in [3.63, 3.8) is 0 Å². The van der Waals surface area contributed by atoms with Gasteiger partial charge in [-0.2, -0.15) is 0 Å². The fourth-order valence-electron chi connectivity index (χ4n) is 2.62. The van der Waals surface area contributed by atoms with Gasteiger partial charge in [0.05, 0.1) is 5.41 Å². The molecule has 0 bridgehead atoms. The number of halogens is 3. The lowest BCUT2D eigenvalue weighted by atomic mass is 9.90. The number of carbonyl (C=O) groups is 2. The highest BCUT2D eigenvalue weighted by Gasteiger charge is 2.41. The van der Waals surface area contributed by atoms with Crippen LogP contribution < -0.4 is 4.74 Å². The Morgan fingerprint density at radius 1 is 1.29 bits per heavy atom. The van der Waals surface area contributed by atoms with E-state index < -0.39 is 17.7 Å². The summed E-state index contributed by atoms with van der Waals surface area (Å²) >= 11 is 0. The molecule has 1 aromatic carbocycles.